The monoisotopic (exact) mass is 556 g/mol. The number of nitrogens with one attached hydrogen (secondary N) is 3. The van der Waals surface area contributed by atoms with Crippen LogP contribution in [-0.2, 0) is 33.5 Å². The van der Waals surface area contributed by atoms with E-state index in [0.717, 1.165) is 12.1 Å². The van der Waals surface area contributed by atoms with E-state index in [1.54, 1.807) is 0 Å². The molecule has 1 heterocycles. The second-order valence-electron chi connectivity index (χ2n) is 7.17. The summed E-state index contributed by atoms with van der Waals surface area (Å²) in [6.45, 7) is 0.769. The number of hydrogen-bond donors (Lipinski definition) is 5. The summed E-state index contributed by atoms with van der Waals surface area (Å²) in [6, 6.07) is 6.39. The standard InChI is InChI=1S/C18H19F3N4O9S2/c19-18(20,21)13-9-11(1-4-16(13)34-36(30,31)32)23-6-5-22-7-8-25-15-10-12(33-35(27,28)29)2-3-14(15)24-17(25)26/h1-4,9-10,22-23H,5-8H2,(H,24,26)(H,27,28,29)(H,30,31,32). The Balaban J connectivity index is 1.57. The van der Waals surface area contributed by atoms with Gasteiger partial charge < -0.3 is 24.0 Å². The highest BCUT2D eigenvalue weighted by molar-refractivity contribution is 7.81. The van der Waals surface area contributed by atoms with Gasteiger partial charge in [-0.15, -0.1) is 0 Å². The van der Waals surface area contributed by atoms with Crippen LogP contribution in [0, 0.1) is 0 Å². The fourth-order valence-electron chi connectivity index (χ4n) is 3.19. The largest absolute Gasteiger partial charge is 0.446 e. The number of aromatic nitrogens is 2. The smallest absolute Gasteiger partial charge is 0.384 e. The average Bonchev–Trinajstić information content (AvgIpc) is 3.03. The van der Waals surface area contributed by atoms with Gasteiger partial charge in [0.25, 0.3) is 0 Å². The molecule has 0 atom stereocenters. The Kier molecular flexibility index (Phi) is 7.84. The summed E-state index contributed by atoms with van der Waals surface area (Å²) in [5.74, 6) is -1.29. The number of benzene rings is 2. The van der Waals surface area contributed by atoms with Crippen molar-refractivity contribution in [1.29, 1.82) is 0 Å². The van der Waals surface area contributed by atoms with Crippen molar-refractivity contribution in [3.63, 3.8) is 0 Å². The number of aromatic amines is 1. The minimum Gasteiger partial charge on any atom is -0.384 e. The lowest BCUT2D eigenvalue weighted by Crippen LogP contribution is -2.28. The maximum atomic E-state index is 13.2. The quantitative estimate of drug-likeness (QED) is 0.170. The minimum absolute atomic E-state index is 0.00558. The molecule has 0 aliphatic rings. The molecular formula is C18H19F3N4O9S2. The van der Waals surface area contributed by atoms with Gasteiger partial charge in [0, 0.05) is 37.9 Å². The van der Waals surface area contributed by atoms with Crippen molar-refractivity contribution in [1.82, 2.24) is 14.9 Å². The van der Waals surface area contributed by atoms with Gasteiger partial charge in [0.15, 0.2) is 5.75 Å². The molecule has 198 valence electrons. The van der Waals surface area contributed by atoms with Crippen molar-refractivity contribution in [2.45, 2.75) is 12.7 Å². The molecule has 3 rings (SSSR count). The Bertz CT molecular complexity index is 1520. The van der Waals surface area contributed by atoms with E-state index in [1.165, 1.54) is 22.8 Å². The second kappa shape index (κ2) is 10.3. The lowest BCUT2D eigenvalue weighted by molar-refractivity contribution is -0.138. The van der Waals surface area contributed by atoms with Crippen LogP contribution in [0.4, 0.5) is 18.9 Å². The van der Waals surface area contributed by atoms with Gasteiger partial charge in [-0.05, 0) is 30.3 Å². The van der Waals surface area contributed by atoms with Crippen molar-refractivity contribution in [2.24, 2.45) is 0 Å². The Morgan fingerprint density at radius 2 is 1.64 bits per heavy atom. The molecule has 0 aliphatic heterocycles. The summed E-state index contributed by atoms with van der Waals surface area (Å²) in [4.78, 5) is 14.7. The van der Waals surface area contributed by atoms with Crippen LogP contribution in [0.5, 0.6) is 11.5 Å². The van der Waals surface area contributed by atoms with Crippen molar-refractivity contribution < 1.29 is 47.5 Å². The van der Waals surface area contributed by atoms with Crippen LogP contribution in [0.3, 0.4) is 0 Å². The van der Waals surface area contributed by atoms with E-state index in [0.29, 0.717) is 17.1 Å². The Labute approximate surface area is 201 Å². The Hall–Kier alpha value is -3.32. The first-order valence-corrected chi connectivity index (χ1v) is 12.6. The molecular weight excluding hydrogens is 537 g/mol. The zero-order valence-electron chi connectivity index (χ0n) is 17.9. The first kappa shape index (κ1) is 27.3. The first-order chi connectivity index (χ1) is 16.6. The molecule has 18 heteroatoms. The third-order valence-electron chi connectivity index (χ3n) is 4.57. The highest BCUT2D eigenvalue weighted by Crippen LogP contribution is 2.38. The molecule has 1 aromatic heterocycles. The van der Waals surface area contributed by atoms with Crippen molar-refractivity contribution in [2.75, 3.05) is 25.0 Å². The Morgan fingerprint density at radius 1 is 0.944 bits per heavy atom. The van der Waals surface area contributed by atoms with E-state index >= 15 is 0 Å². The molecule has 3 aromatic rings. The van der Waals surface area contributed by atoms with Crippen LogP contribution < -0.4 is 24.7 Å². The predicted octanol–water partition coefficient (Wildman–Crippen LogP) is 1.41. The van der Waals surface area contributed by atoms with Crippen LogP contribution in [0.25, 0.3) is 11.0 Å². The summed E-state index contributed by atoms with van der Waals surface area (Å²) in [7, 11) is -9.90. The van der Waals surface area contributed by atoms with Gasteiger partial charge >= 0.3 is 32.7 Å². The van der Waals surface area contributed by atoms with Crippen LogP contribution in [-0.4, -0.2) is 55.1 Å². The number of fused-ring (bicyclic) bond motifs is 1. The molecule has 0 fully saturated rings. The minimum atomic E-state index is -5.15. The van der Waals surface area contributed by atoms with Gasteiger partial charge in [0.05, 0.1) is 11.0 Å². The summed E-state index contributed by atoms with van der Waals surface area (Å²) in [5.41, 5.74) is -1.18. The number of alkyl halides is 3. The van der Waals surface area contributed by atoms with Crippen LogP contribution in [0.2, 0.25) is 0 Å². The van der Waals surface area contributed by atoms with Crippen molar-refractivity contribution in [3.05, 3.63) is 52.4 Å². The zero-order chi connectivity index (χ0) is 26.7. The fourth-order valence-corrected chi connectivity index (χ4v) is 3.91. The SMILES string of the molecule is O=c1[nH]c2ccc(OS(=O)(=O)O)cc2n1CCNCCNc1ccc(OS(=O)(=O)O)c(C(F)(F)F)c1. The first-order valence-electron chi connectivity index (χ1n) is 9.84. The second-order valence-corrected chi connectivity index (χ2v) is 9.21. The lowest BCUT2D eigenvalue weighted by Gasteiger charge is -2.14. The number of nitrogens with zero attached hydrogens (tertiary/aromatic N) is 1. The third kappa shape index (κ3) is 7.59. The highest BCUT2D eigenvalue weighted by atomic mass is 32.3. The van der Waals surface area contributed by atoms with Gasteiger partial charge in [0.1, 0.15) is 11.3 Å². The molecule has 0 saturated heterocycles. The number of hydrogen-bond acceptors (Lipinski definition) is 9. The van der Waals surface area contributed by atoms with Crippen LogP contribution in [0.15, 0.2) is 41.2 Å². The molecule has 13 nitrogen and oxygen atoms in total. The summed E-state index contributed by atoms with van der Waals surface area (Å²) < 4.78 is 110. The van der Waals surface area contributed by atoms with Crippen LogP contribution >= 0.6 is 0 Å². The van der Waals surface area contributed by atoms with E-state index in [9.17, 15) is 34.8 Å². The third-order valence-corrected chi connectivity index (χ3v) is 5.36. The number of H-pyrrole nitrogens is 1. The maximum Gasteiger partial charge on any atom is 0.446 e. The maximum absolute atomic E-state index is 13.2. The Morgan fingerprint density at radius 3 is 2.28 bits per heavy atom. The number of imidazole rings is 1. The van der Waals surface area contributed by atoms with Crippen LogP contribution in [0.1, 0.15) is 5.56 Å². The topological polar surface area (TPSA) is 189 Å². The summed E-state index contributed by atoms with van der Waals surface area (Å²) >= 11 is 0. The molecule has 0 aliphatic carbocycles. The van der Waals surface area contributed by atoms with Gasteiger partial charge in [0.2, 0.25) is 0 Å². The molecule has 0 saturated carbocycles. The van der Waals surface area contributed by atoms with Gasteiger partial charge in [-0.3, -0.25) is 13.7 Å². The number of rotatable bonds is 11. The van der Waals surface area contributed by atoms with Crippen molar-refractivity contribution >= 4 is 37.5 Å². The lowest BCUT2D eigenvalue weighted by atomic mass is 10.1. The zero-order valence-corrected chi connectivity index (χ0v) is 19.6. The molecule has 5 N–H and O–H groups in total. The van der Waals surface area contributed by atoms with Gasteiger partial charge in [-0.25, -0.2) is 4.79 Å². The van der Waals surface area contributed by atoms with Gasteiger partial charge in [-0.1, -0.05) is 0 Å². The molecule has 0 bridgehead atoms. The van der Waals surface area contributed by atoms with E-state index in [-0.39, 0.29) is 37.6 Å². The summed E-state index contributed by atoms with van der Waals surface area (Å²) in [6.07, 6.45) is -4.95. The number of halogens is 3. The van der Waals surface area contributed by atoms with E-state index in [1.807, 2.05) is 0 Å². The predicted molar refractivity (Wildman–Crippen MR) is 120 cm³/mol. The molecule has 0 amide bonds. The highest BCUT2D eigenvalue weighted by Gasteiger charge is 2.36. The van der Waals surface area contributed by atoms with Gasteiger partial charge in [-0.2, -0.15) is 30.0 Å². The normalized spacial score (nSPS) is 12.6. The number of anilines is 1. The molecule has 2 aromatic carbocycles. The van der Waals surface area contributed by atoms with Crippen molar-refractivity contribution in [3.8, 4) is 11.5 Å². The molecule has 0 spiro atoms. The molecule has 36 heavy (non-hydrogen) atoms. The molecule has 0 unspecified atom stereocenters. The average molecular weight is 556 g/mol. The van der Waals surface area contributed by atoms with E-state index in [2.05, 4.69) is 24.0 Å². The summed E-state index contributed by atoms with van der Waals surface area (Å²) in [5, 5.41) is 5.67. The molecule has 0 radical (unpaired) electrons. The fraction of sp³-hybridized carbons (Fsp3) is 0.278. The van der Waals surface area contributed by atoms with E-state index < -0.39 is 44.0 Å². The van der Waals surface area contributed by atoms with E-state index in [4.69, 9.17) is 9.11 Å².